The Labute approximate surface area is 144 Å². The molecular formula is C17H26ClN3O2. The normalized spacial score (nSPS) is 20.3. The largest absolute Gasteiger partial charge is 0.336 e. The van der Waals surface area contributed by atoms with Gasteiger partial charge in [0, 0.05) is 25.2 Å². The standard InChI is InChI=1S/C17H25N3O2.ClH/c1-20(12-16(21)19-14-8-3-2-4-9-14)17(22)11-13-7-5-6-10-15(13)18;/h2-4,8-9,13,15H,5-7,10-12,18H2,1H3,(H,19,21);1H. The van der Waals surface area contributed by atoms with Gasteiger partial charge in [0.1, 0.15) is 0 Å². The zero-order chi connectivity index (χ0) is 15.9. The fourth-order valence-electron chi connectivity index (χ4n) is 2.90. The highest BCUT2D eigenvalue weighted by atomic mass is 35.5. The van der Waals surface area contributed by atoms with Crippen LogP contribution in [0.15, 0.2) is 30.3 Å². The van der Waals surface area contributed by atoms with Gasteiger partial charge in [-0.05, 0) is 30.9 Å². The number of nitrogens with one attached hydrogen (secondary N) is 1. The molecule has 0 aromatic heterocycles. The van der Waals surface area contributed by atoms with E-state index in [-0.39, 0.29) is 42.7 Å². The minimum atomic E-state index is -0.185. The van der Waals surface area contributed by atoms with E-state index in [2.05, 4.69) is 5.32 Å². The Kier molecular flexibility index (Phi) is 8.06. The lowest BCUT2D eigenvalue weighted by atomic mass is 9.83. The van der Waals surface area contributed by atoms with Crippen LogP contribution in [-0.2, 0) is 9.59 Å². The Balaban J connectivity index is 0.00000264. The van der Waals surface area contributed by atoms with Gasteiger partial charge in [-0.1, -0.05) is 31.0 Å². The average molecular weight is 340 g/mol. The number of amides is 2. The maximum Gasteiger partial charge on any atom is 0.243 e. The third kappa shape index (κ3) is 6.20. The molecule has 1 aromatic rings. The minimum absolute atomic E-state index is 0. The fourth-order valence-corrected chi connectivity index (χ4v) is 2.90. The van der Waals surface area contributed by atoms with E-state index in [1.54, 1.807) is 7.05 Å². The van der Waals surface area contributed by atoms with Crippen molar-refractivity contribution >= 4 is 29.9 Å². The highest BCUT2D eigenvalue weighted by molar-refractivity contribution is 5.94. The van der Waals surface area contributed by atoms with Crippen LogP contribution in [0, 0.1) is 5.92 Å². The van der Waals surface area contributed by atoms with Crippen molar-refractivity contribution in [3.63, 3.8) is 0 Å². The molecule has 2 atom stereocenters. The molecule has 5 nitrogen and oxygen atoms in total. The summed E-state index contributed by atoms with van der Waals surface area (Å²) in [4.78, 5) is 25.7. The maximum absolute atomic E-state index is 12.2. The molecule has 1 saturated carbocycles. The van der Waals surface area contributed by atoms with Crippen molar-refractivity contribution in [1.82, 2.24) is 4.90 Å². The van der Waals surface area contributed by atoms with Gasteiger partial charge in [0.15, 0.2) is 0 Å². The summed E-state index contributed by atoms with van der Waals surface area (Å²) >= 11 is 0. The van der Waals surface area contributed by atoms with Crippen LogP contribution in [0.5, 0.6) is 0 Å². The molecular weight excluding hydrogens is 314 g/mol. The number of carbonyl (C=O) groups is 2. The zero-order valence-corrected chi connectivity index (χ0v) is 14.3. The number of para-hydroxylation sites is 1. The van der Waals surface area contributed by atoms with Crippen LogP contribution in [0.1, 0.15) is 32.1 Å². The Bertz CT molecular complexity index is 510. The van der Waals surface area contributed by atoms with Crippen LogP contribution in [0.25, 0.3) is 0 Å². The van der Waals surface area contributed by atoms with Gasteiger partial charge in [0.2, 0.25) is 11.8 Å². The lowest BCUT2D eigenvalue weighted by Crippen LogP contribution is -2.40. The molecule has 2 rings (SSSR count). The molecule has 1 aliphatic carbocycles. The first-order valence-electron chi connectivity index (χ1n) is 7.90. The quantitative estimate of drug-likeness (QED) is 0.865. The molecule has 2 unspecified atom stereocenters. The maximum atomic E-state index is 12.2. The van der Waals surface area contributed by atoms with Gasteiger partial charge in [-0.15, -0.1) is 12.4 Å². The Hall–Kier alpha value is -1.59. The Morgan fingerprint density at radius 2 is 1.87 bits per heavy atom. The molecule has 0 aliphatic heterocycles. The second kappa shape index (κ2) is 9.53. The predicted octanol–water partition coefficient (Wildman–Crippen LogP) is 2.41. The molecule has 6 heteroatoms. The number of carbonyl (C=O) groups excluding carboxylic acids is 2. The number of hydrogen-bond acceptors (Lipinski definition) is 3. The van der Waals surface area contributed by atoms with Crippen molar-refractivity contribution in [2.75, 3.05) is 18.9 Å². The molecule has 2 amide bonds. The molecule has 3 N–H and O–H groups in total. The number of halogens is 1. The summed E-state index contributed by atoms with van der Waals surface area (Å²) in [6, 6.07) is 9.36. The number of benzene rings is 1. The van der Waals surface area contributed by atoms with Gasteiger partial charge in [0.25, 0.3) is 0 Å². The highest BCUT2D eigenvalue weighted by Gasteiger charge is 2.25. The summed E-state index contributed by atoms with van der Waals surface area (Å²) in [5.74, 6) is 0.0569. The van der Waals surface area contributed by atoms with E-state index in [0.29, 0.717) is 6.42 Å². The third-order valence-corrected chi connectivity index (χ3v) is 4.27. The van der Waals surface area contributed by atoms with Gasteiger partial charge < -0.3 is 16.0 Å². The lowest BCUT2D eigenvalue weighted by Gasteiger charge is -2.29. The fraction of sp³-hybridized carbons (Fsp3) is 0.529. The smallest absolute Gasteiger partial charge is 0.243 e. The summed E-state index contributed by atoms with van der Waals surface area (Å²) in [7, 11) is 1.67. The zero-order valence-electron chi connectivity index (χ0n) is 13.5. The molecule has 23 heavy (non-hydrogen) atoms. The van der Waals surface area contributed by atoms with Gasteiger partial charge in [0.05, 0.1) is 6.54 Å². The van der Waals surface area contributed by atoms with E-state index in [4.69, 9.17) is 5.73 Å². The van der Waals surface area contributed by atoms with Gasteiger partial charge in [-0.25, -0.2) is 0 Å². The van der Waals surface area contributed by atoms with Crippen LogP contribution in [0.4, 0.5) is 5.69 Å². The molecule has 0 radical (unpaired) electrons. The summed E-state index contributed by atoms with van der Waals surface area (Å²) < 4.78 is 0. The number of nitrogens with zero attached hydrogens (tertiary/aromatic N) is 1. The van der Waals surface area contributed by atoms with Crippen molar-refractivity contribution in [3.05, 3.63) is 30.3 Å². The molecule has 0 spiro atoms. The number of rotatable bonds is 5. The Morgan fingerprint density at radius 1 is 1.22 bits per heavy atom. The van der Waals surface area contributed by atoms with Gasteiger partial charge in [-0.3, -0.25) is 9.59 Å². The van der Waals surface area contributed by atoms with Gasteiger partial charge >= 0.3 is 0 Å². The van der Waals surface area contributed by atoms with Crippen molar-refractivity contribution in [3.8, 4) is 0 Å². The molecule has 1 aromatic carbocycles. The molecule has 1 aliphatic rings. The summed E-state index contributed by atoms with van der Waals surface area (Å²) in [5.41, 5.74) is 6.82. The SMILES string of the molecule is CN(CC(=O)Nc1ccccc1)C(=O)CC1CCCCC1N.Cl. The van der Waals surface area contributed by atoms with E-state index < -0.39 is 0 Å². The number of anilines is 1. The highest BCUT2D eigenvalue weighted by Crippen LogP contribution is 2.26. The van der Waals surface area contributed by atoms with Gasteiger partial charge in [-0.2, -0.15) is 0 Å². The van der Waals surface area contributed by atoms with Crippen molar-refractivity contribution in [2.24, 2.45) is 11.7 Å². The van der Waals surface area contributed by atoms with Crippen LogP contribution < -0.4 is 11.1 Å². The van der Waals surface area contributed by atoms with E-state index in [0.717, 1.165) is 31.4 Å². The van der Waals surface area contributed by atoms with Crippen LogP contribution >= 0.6 is 12.4 Å². The second-order valence-corrected chi connectivity index (χ2v) is 6.08. The lowest BCUT2D eigenvalue weighted by molar-refractivity contribution is -0.134. The first kappa shape index (κ1) is 19.5. The Morgan fingerprint density at radius 3 is 2.52 bits per heavy atom. The first-order chi connectivity index (χ1) is 10.6. The van der Waals surface area contributed by atoms with Crippen LogP contribution in [0.2, 0.25) is 0 Å². The third-order valence-electron chi connectivity index (χ3n) is 4.27. The second-order valence-electron chi connectivity index (χ2n) is 6.08. The van der Waals surface area contributed by atoms with Crippen molar-refractivity contribution in [2.45, 2.75) is 38.1 Å². The molecule has 128 valence electrons. The minimum Gasteiger partial charge on any atom is -0.336 e. The number of likely N-dealkylation sites (N-methyl/N-ethyl adjacent to an activating group) is 1. The van der Waals surface area contributed by atoms with Crippen molar-refractivity contribution in [1.29, 1.82) is 0 Å². The first-order valence-corrected chi connectivity index (χ1v) is 7.90. The van der Waals surface area contributed by atoms with E-state index in [1.807, 2.05) is 30.3 Å². The number of hydrogen-bond donors (Lipinski definition) is 2. The predicted molar refractivity (Wildman–Crippen MR) is 94.5 cm³/mol. The summed E-state index contributed by atoms with van der Waals surface area (Å²) in [6.07, 6.45) is 4.74. The molecule has 0 saturated heterocycles. The van der Waals surface area contributed by atoms with E-state index in [9.17, 15) is 9.59 Å². The summed E-state index contributed by atoms with van der Waals surface area (Å²) in [5, 5.41) is 2.78. The van der Waals surface area contributed by atoms with E-state index in [1.165, 1.54) is 4.90 Å². The topological polar surface area (TPSA) is 75.4 Å². The molecule has 0 heterocycles. The van der Waals surface area contributed by atoms with Crippen LogP contribution in [-0.4, -0.2) is 36.3 Å². The van der Waals surface area contributed by atoms with Crippen LogP contribution in [0.3, 0.4) is 0 Å². The average Bonchev–Trinajstić information content (AvgIpc) is 2.50. The summed E-state index contributed by atoms with van der Waals surface area (Å²) in [6.45, 7) is 0.0652. The monoisotopic (exact) mass is 339 g/mol. The number of nitrogens with two attached hydrogens (primary N) is 1. The van der Waals surface area contributed by atoms with Crippen molar-refractivity contribution < 1.29 is 9.59 Å². The molecule has 0 bridgehead atoms. The van der Waals surface area contributed by atoms with E-state index >= 15 is 0 Å². The molecule has 1 fully saturated rings.